The molecule has 0 amide bonds. The third-order valence-corrected chi connectivity index (χ3v) is 7.14. The molecule has 0 saturated carbocycles. The van der Waals surface area contributed by atoms with Gasteiger partial charge in [-0.1, -0.05) is 34.5 Å². The van der Waals surface area contributed by atoms with Crippen molar-refractivity contribution in [2.24, 2.45) is 0 Å². The molecule has 0 N–H and O–H groups in total. The lowest BCUT2D eigenvalue weighted by Crippen LogP contribution is -2.04. The minimum absolute atomic E-state index is 0.0692. The molecule has 120 valence electrons. The molecule has 0 bridgehead atoms. The van der Waals surface area contributed by atoms with Crippen LogP contribution in [0.4, 0.5) is 0 Å². The van der Waals surface area contributed by atoms with Crippen molar-refractivity contribution >= 4 is 49.3 Å². The van der Waals surface area contributed by atoms with E-state index in [2.05, 4.69) is 15.3 Å². The van der Waals surface area contributed by atoms with Gasteiger partial charge in [0.05, 0.1) is 16.5 Å². The van der Waals surface area contributed by atoms with Crippen LogP contribution in [0.1, 0.15) is 17.3 Å². The lowest BCUT2D eigenvalue weighted by atomic mass is 10.1. The van der Waals surface area contributed by atoms with Crippen molar-refractivity contribution in [3.05, 3.63) is 33.3 Å². The zero-order chi connectivity index (χ0) is 16.2. The molecule has 23 heavy (non-hydrogen) atoms. The van der Waals surface area contributed by atoms with E-state index in [1.807, 2.05) is 0 Å². The SMILES string of the molecule is O=S1(=O)CC[C@H](c2nn3c(-c4ccc(Cl)cc4Cl)nnc3s2)C1. The van der Waals surface area contributed by atoms with Gasteiger partial charge in [-0.15, -0.1) is 10.2 Å². The molecule has 1 aliphatic rings. The molecular weight excluding hydrogens is 379 g/mol. The lowest BCUT2D eigenvalue weighted by Gasteiger charge is -2.02. The van der Waals surface area contributed by atoms with Crippen LogP contribution in [0.25, 0.3) is 16.3 Å². The third-order valence-electron chi connectivity index (χ3n) is 3.76. The second-order valence-corrected chi connectivity index (χ2v) is 9.44. The van der Waals surface area contributed by atoms with Gasteiger partial charge in [0, 0.05) is 16.5 Å². The second kappa shape index (κ2) is 5.41. The van der Waals surface area contributed by atoms with Gasteiger partial charge >= 0.3 is 0 Å². The van der Waals surface area contributed by atoms with Crippen LogP contribution in [0.3, 0.4) is 0 Å². The Bertz CT molecular complexity index is 1010. The van der Waals surface area contributed by atoms with Gasteiger partial charge in [-0.05, 0) is 24.6 Å². The molecule has 0 aliphatic carbocycles. The van der Waals surface area contributed by atoms with Crippen molar-refractivity contribution in [3.63, 3.8) is 0 Å². The van der Waals surface area contributed by atoms with Crippen LogP contribution in [0.15, 0.2) is 18.2 Å². The minimum atomic E-state index is -2.95. The topological polar surface area (TPSA) is 77.2 Å². The molecule has 3 heterocycles. The molecule has 1 saturated heterocycles. The van der Waals surface area contributed by atoms with Gasteiger partial charge < -0.3 is 0 Å². The summed E-state index contributed by atoms with van der Waals surface area (Å²) < 4.78 is 24.9. The number of sulfone groups is 1. The molecular formula is C13H10Cl2N4O2S2. The van der Waals surface area contributed by atoms with Gasteiger partial charge in [0.15, 0.2) is 15.7 Å². The molecule has 4 rings (SSSR count). The van der Waals surface area contributed by atoms with Crippen LogP contribution >= 0.6 is 34.5 Å². The molecule has 3 aromatic rings. The summed E-state index contributed by atoms with van der Waals surface area (Å²) in [5.74, 6) is 0.812. The Morgan fingerprint density at radius 2 is 2.09 bits per heavy atom. The van der Waals surface area contributed by atoms with Crippen LogP contribution in [0.5, 0.6) is 0 Å². The number of aromatic nitrogens is 4. The zero-order valence-electron chi connectivity index (χ0n) is 11.6. The molecule has 1 atom stereocenters. The van der Waals surface area contributed by atoms with Crippen LogP contribution in [0, 0.1) is 0 Å². The number of rotatable bonds is 2. The predicted molar refractivity (Wildman–Crippen MR) is 90.1 cm³/mol. The third kappa shape index (κ3) is 2.73. The fourth-order valence-corrected chi connectivity index (χ4v) is 5.94. The molecule has 1 fully saturated rings. The normalized spacial score (nSPS) is 20.3. The fourth-order valence-electron chi connectivity index (χ4n) is 2.63. The molecule has 0 unspecified atom stereocenters. The van der Waals surface area contributed by atoms with Crippen LogP contribution in [0.2, 0.25) is 10.0 Å². The Morgan fingerprint density at radius 3 is 2.78 bits per heavy atom. The highest BCUT2D eigenvalue weighted by molar-refractivity contribution is 7.91. The number of hydrogen-bond donors (Lipinski definition) is 0. The Balaban J connectivity index is 1.78. The van der Waals surface area contributed by atoms with E-state index in [0.29, 0.717) is 32.8 Å². The summed E-state index contributed by atoms with van der Waals surface area (Å²) in [5.41, 5.74) is 0.680. The highest BCUT2D eigenvalue weighted by Gasteiger charge is 2.32. The van der Waals surface area contributed by atoms with Crippen molar-refractivity contribution < 1.29 is 8.42 Å². The molecule has 10 heteroatoms. The van der Waals surface area contributed by atoms with Gasteiger partial charge in [0.2, 0.25) is 4.96 Å². The molecule has 2 aromatic heterocycles. The quantitative estimate of drug-likeness (QED) is 0.673. The van der Waals surface area contributed by atoms with E-state index in [-0.39, 0.29) is 17.4 Å². The van der Waals surface area contributed by atoms with Gasteiger partial charge in [0.25, 0.3) is 0 Å². The minimum Gasteiger partial charge on any atom is -0.229 e. The van der Waals surface area contributed by atoms with E-state index in [1.165, 1.54) is 11.3 Å². The second-order valence-electron chi connectivity index (χ2n) is 5.38. The van der Waals surface area contributed by atoms with Crippen LogP contribution in [-0.2, 0) is 9.84 Å². The zero-order valence-corrected chi connectivity index (χ0v) is 14.8. The average molecular weight is 389 g/mol. The van der Waals surface area contributed by atoms with E-state index < -0.39 is 9.84 Å². The first kappa shape index (κ1) is 15.3. The summed E-state index contributed by atoms with van der Waals surface area (Å²) in [4.78, 5) is 0.616. The highest BCUT2D eigenvalue weighted by Crippen LogP contribution is 2.34. The largest absolute Gasteiger partial charge is 0.234 e. The summed E-state index contributed by atoms with van der Waals surface area (Å²) in [5, 5.41) is 14.5. The molecule has 0 spiro atoms. The van der Waals surface area contributed by atoms with E-state index in [4.69, 9.17) is 23.2 Å². The Hall–Kier alpha value is -1.22. The van der Waals surface area contributed by atoms with Gasteiger partial charge in [0.1, 0.15) is 5.01 Å². The smallest absolute Gasteiger partial charge is 0.229 e. The van der Waals surface area contributed by atoms with Crippen LogP contribution < -0.4 is 0 Å². The lowest BCUT2D eigenvalue weighted by molar-refractivity contribution is 0.601. The van der Waals surface area contributed by atoms with Gasteiger partial charge in [-0.3, -0.25) is 0 Å². The van der Waals surface area contributed by atoms with E-state index in [9.17, 15) is 8.42 Å². The molecule has 1 aliphatic heterocycles. The van der Waals surface area contributed by atoms with Gasteiger partial charge in [-0.25, -0.2) is 8.42 Å². The molecule has 1 aromatic carbocycles. The van der Waals surface area contributed by atoms with Crippen molar-refractivity contribution in [3.8, 4) is 11.4 Å². The van der Waals surface area contributed by atoms with Crippen molar-refractivity contribution in [1.82, 2.24) is 19.8 Å². The summed E-state index contributed by atoms with van der Waals surface area (Å²) in [6.07, 6.45) is 0.601. The summed E-state index contributed by atoms with van der Waals surface area (Å²) >= 11 is 13.5. The number of halogens is 2. The highest BCUT2D eigenvalue weighted by atomic mass is 35.5. The maximum atomic E-state index is 11.6. The predicted octanol–water partition coefficient (Wildman–Crippen LogP) is 3.06. The first-order valence-electron chi connectivity index (χ1n) is 6.81. The molecule has 0 radical (unpaired) electrons. The Kier molecular flexibility index (Phi) is 3.60. The van der Waals surface area contributed by atoms with Crippen molar-refractivity contribution in [1.29, 1.82) is 0 Å². The maximum absolute atomic E-state index is 11.6. The summed E-state index contributed by atoms with van der Waals surface area (Å²) in [7, 11) is -2.95. The first-order valence-corrected chi connectivity index (χ1v) is 10.2. The maximum Gasteiger partial charge on any atom is 0.234 e. The number of hydrogen-bond acceptors (Lipinski definition) is 6. The van der Waals surface area contributed by atoms with Crippen molar-refractivity contribution in [2.45, 2.75) is 12.3 Å². The number of fused-ring (bicyclic) bond motifs is 1. The van der Waals surface area contributed by atoms with Gasteiger partial charge in [-0.2, -0.15) is 9.61 Å². The van der Waals surface area contributed by atoms with Crippen LogP contribution in [-0.4, -0.2) is 39.7 Å². The van der Waals surface area contributed by atoms with E-state index in [0.717, 1.165) is 5.01 Å². The molecule has 6 nitrogen and oxygen atoms in total. The standard InChI is InChI=1S/C13H10Cl2N4O2S2/c14-8-1-2-9(10(15)5-8)11-16-17-13-19(11)18-12(22-13)7-3-4-23(20,21)6-7/h1-2,5,7H,3-4,6H2/t7-/m0/s1. The van der Waals surface area contributed by atoms with Crippen molar-refractivity contribution in [2.75, 3.05) is 11.5 Å². The number of nitrogens with zero attached hydrogens (tertiary/aromatic N) is 4. The number of benzene rings is 1. The monoisotopic (exact) mass is 388 g/mol. The summed E-state index contributed by atoms with van der Waals surface area (Å²) in [6, 6.07) is 5.12. The Morgan fingerprint density at radius 1 is 1.26 bits per heavy atom. The Labute approximate surface area is 146 Å². The average Bonchev–Trinajstić information content (AvgIpc) is 3.12. The van der Waals surface area contributed by atoms with E-state index in [1.54, 1.807) is 22.7 Å². The summed E-state index contributed by atoms with van der Waals surface area (Å²) in [6.45, 7) is 0. The van der Waals surface area contributed by atoms with E-state index >= 15 is 0 Å². The fraction of sp³-hybridized carbons (Fsp3) is 0.308. The first-order chi connectivity index (χ1) is 10.9.